The molecule has 3 fully saturated rings. The maximum Gasteiger partial charge on any atom is 0.175 e. The van der Waals surface area contributed by atoms with E-state index < -0.39 is 9.84 Å². The predicted molar refractivity (Wildman–Crippen MR) is 104 cm³/mol. The molecule has 4 heterocycles. The van der Waals surface area contributed by atoms with Gasteiger partial charge in [-0.3, -0.25) is 9.88 Å². The van der Waals surface area contributed by atoms with Crippen molar-refractivity contribution in [2.75, 3.05) is 24.7 Å². The SMILES string of the molecule is C[C@@H]1[C@@H](Nc2ccc(-c3ccc(S(C)(=O)=O)cc3)nc2)C2CCN1CC2. The standard InChI is InChI=1S/C20H25N3O2S/c1-14-20(16-9-11-23(14)12-10-16)22-17-5-8-19(21-13-17)15-3-6-18(7-4-15)26(2,24)25/h3-8,13-14,16,20,22H,9-12H2,1-2H3/t14-,20-/m1/s1. The van der Waals surface area contributed by atoms with E-state index >= 15 is 0 Å². The quantitative estimate of drug-likeness (QED) is 0.895. The maximum absolute atomic E-state index is 11.6. The summed E-state index contributed by atoms with van der Waals surface area (Å²) in [7, 11) is -3.17. The summed E-state index contributed by atoms with van der Waals surface area (Å²) >= 11 is 0. The molecule has 3 aliphatic rings. The van der Waals surface area contributed by atoms with Crippen molar-refractivity contribution in [1.82, 2.24) is 9.88 Å². The van der Waals surface area contributed by atoms with Gasteiger partial charge in [0.25, 0.3) is 0 Å². The highest BCUT2D eigenvalue weighted by atomic mass is 32.2. The van der Waals surface area contributed by atoms with E-state index in [2.05, 4.69) is 28.2 Å². The minimum Gasteiger partial charge on any atom is -0.379 e. The van der Waals surface area contributed by atoms with Gasteiger partial charge in [-0.1, -0.05) is 12.1 Å². The first-order valence-electron chi connectivity index (χ1n) is 9.19. The maximum atomic E-state index is 11.6. The van der Waals surface area contributed by atoms with Crippen LogP contribution in [0.25, 0.3) is 11.3 Å². The molecule has 0 spiro atoms. The van der Waals surface area contributed by atoms with Crippen molar-refractivity contribution in [2.24, 2.45) is 5.92 Å². The van der Waals surface area contributed by atoms with Crippen LogP contribution in [0.5, 0.6) is 0 Å². The van der Waals surface area contributed by atoms with E-state index in [1.54, 1.807) is 24.3 Å². The average Bonchev–Trinajstić information content (AvgIpc) is 2.65. The highest BCUT2D eigenvalue weighted by Gasteiger charge is 2.39. The zero-order valence-electron chi connectivity index (χ0n) is 15.2. The second-order valence-corrected chi connectivity index (χ2v) is 9.53. The molecule has 1 aromatic carbocycles. The monoisotopic (exact) mass is 371 g/mol. The second kappa shape index (κ2) is 6.67. The Morgan fingerprint density at radius 3 is 2.31 bits per heavy atom. The molecule has 2 bridgehead atoms. The summed E-state index contributed by atoms with van der Waals surface area (Å²) in [5.41, 5.74) is 2.81. The molecule has 0 aliphatic carbocycles. The second-order valence-electron chi connectivity index (χ2n) is 7.51. The van der Waals surface area contributed by atoms with Crippen molar-refractivity contribution in [3.63, 3.8) is 0 Å². The lowest BCUT2D eigenvalue weighted by atomic mass is 9.79. The Labute approximate surface area is 155 Å². The van der Waals surface area contributed by atoms with E-state index in [9.17, 15) is 8.42 Å². The largest absolute Gasteiger partial charge is 0.379 e. The van der Waals surface area contributed by atoms with Crippen molar-refractivity contribution in [3.05, 3.63) is 42.6 Å². The average molecular weight is 372 g/mol. The molecule has 5 nitrogen and oxygen atoms in total. The Balaban J connectivity index is 1.48. The lowest BCUT2D eigenvalue weighted by Gasteiger charge is -2.50. The molecule has 5 rings (SSSR count). The van der Waals surface area contributed by atoms with Crippen LogP contribution in [0.3, 0.4) is 0 Å². The first kappa shape index (κ1) is 17.5. The molecule has 0 unspecified atom stereocenters. The first-order valence-corrected chi connectivity index (χ1v) is 11.1. The van der Waals surface area contributed by atoms with Crippen molar-refractivity contribution in [1.29, 1.82) is 0 Å². The summed E-state index contributed by atoms with van der Waals surface area (Å²) in [5.74, 6) is 0.748. The Bertz CT molecular complexity index is 868. The van der Waals surface area contributed by atoms with Gasteiger partial charge < -0.3 is 5.32 Å². The smallest absolute Gasteiger partial charge is 0.175 e. The number of rotatable bonds is 4. The van der Waals surface area contributed by atoms with Gasteiger partial charge in [-0.15, -0.1) is 0 Å². The number of sulfone groups is 1. The van der Waals surface area contributed by atoms with E-state index in [4.69, 9.17) is 0 Å². The third-order valence-electron chi connectivity index (χ3n) is 5.85. The van der Waals surface area contributed by atoms with Crippen LogP contribution < -0.4 is 5.32 Å². The number of pyridine rings is 1. The summed E-state index contributed by atoms with van der Waals surface area (Å²) in [6.07, 6.45) is 5.65. The molecule has 2 aromatic rings. The summed E-state index contributed by atoms with van der Waals surface area (Å²) < 4.78 is 23.1. The van der Waals surface area contributed by atoms with Crippen molar-refractivity contribution >= 4 is 15.5 Å². The van der Waals surface area contributed by atoms with E-state index in [1.165, 1.54) is 32.2 Å². The third-order valence-corrected chi connectivity index (χ3v) is 6.98. The fourth-order valence-electron chi connectivity index (χ4n) is 4.26. The highest BCUT2D eigenvalue weighted by molar-refractivity contribution is 7.90. The molecule has 26 heavy (non-hydrogen) atoms. The molecule has 1 aromatic heterocycles. The summed E-state index contributed by atoms with van der Waals surface area (Å²) in [5, 5.41) is 3.69. The van der Waals surface area contributed by atoms with E-state index in [0.29, 0.717) is 17.0 Å². The predicted octanol–water partition coefficient (Wildman–Crippen LogP) is 3.05. The fourth-order valence-corrected chi connectivity index (χ4v) is 4.89. The van der Waals surface area contributed by atoms with Crippen molar-refractivity contribution < 1.29 is 8.42 Å². The zero-order chi connectivity index (χ0) is 18.3. The Morgan fingerprint density at radius 1 is 1.08 bits per heavy atom. The number of nitrogens with one attached hydrogen (secondary N) is 1. The normalized spacial score (nSPS) is 28.1. The van der Waals surface area contributed by atoms with Crippen LogP contribution in [0.4, 0.5) is 5.69 Å². The summed E-state index contributed by atoms with van der Waals surface area (Å²) in [4.78, 5) is 7.47. The molecule has 2 atom stereocenters. The van der Waals surface area contributed by atoms with Gasteiger partial charge in [0.15, 0.2) is 9.84 Å². The van der Waals surface area contributed by atoms with Gasteiger partial charge >= 0.3 is 0 Å². The van der Waals surface area contributed by atoms with Gasteiger partial charge in [0.05, 0.1) is 22.5 Å². The van der Waals surface area contributed by atoms with Gasteiger partial charge in [0.2, 0.25) is 0 Å². The molecular formula is C20H25N3O2S. The molecule has 3 saturated heterocycles. The number of hydrogen-bond acceptors (Lipinski definition) is 5. The zero-order valence-corrected chi connectivity index (χ0v) is 16.0. The van der Waals surface area contributed by atoms with Gasteiger partial charge in [-0.2, -0.15) is 0 Å². The van der Waals surface area contributed by atoms with Crippen LogP contribution in [0.1, 0.15) is 19.8 Å². The Hall–Kier alpha value is -1.92. The lowest BCUT2D eigenvalue weighted by Crippen LogP contribution is -2.59. The Morgan fingerprint density at radius 2 is 1.77 bits per heavy atom. The summed E-state index contributed by atoms with van der Waals surface area (Å²) in [6.45, 7) is 4.77. The number of benzene rings is 1. The molecule has 3 aliphatic heterocycles. The highest BCUT2D eigenvalue weighted by Crippen LogP contribution is 2.34. The van der Waals surface area contributed by atoms with Crippen LogP contribution >= 0.6 is 0 Å². The van der Waals surface area contributed by atoms with Crippen molar-refractivity contribution in [3.8, 4) is 11.3 Å². The number of piperidine rings is 3. The van der Waals surface area contributed by atoms with Crippen LogP contribution in [0.15, 0.2) is 47.5 Å². The van der Waals surface area contributed by atoms with Gasteiger partial charge in [-0.25, -0.2) is 8.42 Å². The molecular weight excluding hydrogens is 346 g/mol. The van der Waals surface area contributed by atoms with E-state index in [0.717, 1.165) is 22.9 Å². The van der Waals surface area contributed by atoms with Crippen LogP contribution in [-0.4, -0.2) is 49.7 Å². The Kier molecular flexibility index (Phi) is 4.49. The number of hydrogen-bond donors (Lipinski definition) is 1. The summed E-state index contributed by atoms with van der Waals surface area (Å²) in [6, 6.07) is 12.0. The molecule has 138 valence electrons. The van der Waals surface area contributed by atoms with Gasteiger partial charge in [0.1, 0.15) is 0 Å². The number of fused-ring (bicyclic) bond motifs is 3. The fraction of sp³-hybridized carbons (Fsp3) is 0.450. The van der Waals surface area contributed by atoms with Crippen molar-refractivity contribution in [2.45, 2.75) is 36.7 Å². The number of nitrogens with zero attached hydrogens (tertiary/aromatic N) is 2. The molecule has 0 saturated carbocycles. The molecule has 0 radical (unpaired) electrons. The van der Waals surface area contributed by atoms with Crippen LogP contribution in [0, 0.1) is 5.92 Å². The van der Waals surface area contributed by atoms with Crippen LogP contribution in [-0.2, 0) is 9.84 Å². The molecule has 0 amide bonds. The lowest BCUT2D eigenvalue weighted by molar-refractivity contribution is 0.0458. The van der Waals surface area contributed by atoms with Crippen LogP contribution in [0.2, 0.25) is 0 Å². The number of anilines is 1. The minimum atomic E-state index is -3.17. The topological polar surface area (TPSA) is 62.3 Å². The van der Waals surface area contributed by atoms with E-state index in [1.807, 2.05) is 12.3 Å². The van der Waals surface area contributed by atoms with E-state index in [-0.39, 0.29) is 0 Å². The third kappa shape index (κ3) is 3.35. The first-order chi connectivity index (χ1) is 12.4. The van der Waals surface area contributed by atoms with Gasteiger partial charge in [0, 0.05) is 23.9 Å². The van der Waals surface area contributed by atoms with Gasteiger partial charge in [-0.05, 0) is 63.0 Å². The minimum absolute atomic E-state index is 0.330. The number of aromatic nitrogens is 1. The molecule has 1 N–H and O–H groups in total. The molecule has 6 heteroatoms.